The molecule has 4 nitrogen and oxygen atoms in total. The minimum absolute atomic E-state index is 0.0422. The summed E-state index contributed by atoms with van der Waals surface area (Å²) in [6.45, 7) is 3.33. The van der Waals surface area contributed by atoms with Crippen LogP contribution in [0.1, 0.15) is 17.5 Å². The molecule has 100 valence electrons. The second-order valence-electron chi connectivity index (χ2n) is 4.76. The third-order valence-corrected chi connectivity index (χ3v) is 5.13. The van der Waals surface area contributed by atoms with Gasteiger partial charge in [0, 0.05) is 18.8 Å². The monoisotopic (exact) mass is 269 g/mol. The van der Waals surface area contributed by atoms with Crippen molar-refractivity contribution in [2.24, 2.45) is 0 Å². The van der Waals surface area contributed by atoms with Crippen LogP contribution in [0.25, 0.3) is 0 Å². The molecule has 0 amide bonds. The highest BCUT2D eigenvalue weighted by Gasteiger charge is 2.19. The summed E-state index contributed by atoms with van der Waals surface area (Å²) in [5.41, 5.74) is 3.00. The molecule has 0 aliphatic carbocycles. The third-order valence-electron chi connectivity index (χ3n) is 3.42. The zero-order valence-electron chi connectivity index (χ0n) is 10.6. The second kappa shape index (κ2) is 5.28. The first kappa shape index (κ1) is 13.4. The van der Waals surface area contributed by atoms with Crippen molar-refractivity contribution in [3.63, 3.8) is 0 Å². The van der Waals surface area contributed by atoms with Gasteiger partial charge in [-0.2, -0.15) is 0 Å². The predicted molar refractivity (Wildman–Crippen MR) is 72.6 cm³/mol. The lowest BCUT2D eigenvalue weighted by Gasteiger charge is -2.23. The zero-order chi connectivity index (χ0) is 13.2. The van der Waals surface area contributed by atoms with Gasteiger partial charge < -0.3 is 10.0 Å². The number of nitrogens with zero attached hydrogens (tertiary/aromatic N) is 1. The van der Waals surface area contributed by atoms with E-state index in [4.69, 9.17) is 5.11 Å². The summed E-state index contributed by atoms with van der Waals surface area (Å²) in [5, 5.41) is 9.14. The van der Waals surface area contributed by atoms with Gasteiger partial charge in [-0.1, -0.05) is 6.07 Å². The Balaban J connectivity index is 2.19. The lowest BCUT2D eigenvalue weighted by atomic mass is 10.1. The lowest BCUT2D eigenvalue weighted by molar-refractivity contribution is 0.281. The number of benzene rings is 1. The van der Waals surface area contributed by atoms with Gasteiger partial charge in [-0.15, -0.1) is 0 Å². The van der Waals surface area contributed by atoms with Gasteiger partial charge in [0.1, 0.15) is 0 Å². The topological polar surface area (TPSA) is 57.6 Å². The summed E-state index contributed by atoms with van der Waals surface area (Å²) >= 11 is 0. The van der Waals surface area contributed by atoms with Gasteiger partial charge in [0.2, 0.25) is 0 Å². The highest BCUT2D eigenvalue weighted by atomic mass is 32.2. The summed E-state index contributed by atoms with van der Waals surface area (Å²) in [6, 6.07) is 5.88. The first-order valence-electron chi connectivity index (χ1n) is 6.17. The van der Waals surface area contributed by atoms with Crippen molar-refractivity contribution < 1.29 is 13.5 Å². The highest BCUT2D eigenvalue weighted by Crippen LogP contribution is 2.21. The molecule has 0 saturated carbocycles. The van der Waals surface area contributed by atoms with Crippen molar-refractivity contribution in [3.8, 4) is 0 Å². The van der Waals surface area contributed by atoms with E-state index in [1.165, 1.54) is 0 Å². The Labute approximate surface area is 108 Å². The maximum Gasteiger partial charge on any atom is 0.152 e. The minimum atomic E-state index is -2.86. The number of rotatable bonds is 2. The summed E-state index contributed by atoms with van der Waals surface area (Å²) in [7, 11) is -2.86. The van der Waals surface area contributed by atoms with Gasteiger partial charge in [-0.05, 0) is 36.6 Å². The molecule has 0 unspecified atom stereocenters. The Morgan fingerprint density at radius 3 is 2.72 bits per heavy atom. The number of aliphatic hydroxyl groups excluding tert-OH is 1. The summed E-state index contributed by atoms with van der Waals surface area (Å²) < 4.78 is 23.1. The lowest BCUT2D eigenvalue weighted by Crippen LogP contribution is -2.26. The van der Waals surface area contributed by atoms with Crippen molar-refractivity contribution >= 4 is 15.5 Å². The van der Waals surface area contributed by atoms with Crippen LogP contribution in [0.4, 0.5) is 5.69 Å². The molecule has 1 aliphatic heterocycles. The Hall–Kier alpha value is -1.07. The number of hydrogen-bond donors (Lipinski definition) is 1. The fourth-order valence-corrected chi connectivity index (χ4v) is 3.52. The van der Waals surface area contributed by atoms with E-state index in [0.717, 1.165) is 23.4 Å². The molecular formula is C13H19NO3S. The molecule has 1 heterocycles. The SMILES string of the molecule is Cc1cc(N2CCCS(=O)(=O)CC2)ccc1CO. The van der Waals surface area contributed by atoms with Crippen molar-refractivity contribution in [2.75, 3.05) is 29.5 Å². The standard InChI is InChI=1S/C13H19NO3S/c1-11-9-13(4-3-12(11)10-15)14-5-2-7-18(16,17)8-6-14/h3-4,9,15H,2,5-8,10H2,1H3. The molecule has 0 spiro atoms. The van der Waals surface area contributed by atoms with E-state index in [1.54, 1.807) is 0 Å². The number of sulfone groups is 1. The van der Waals surface area contributed by atoms with Crippen LogP contribution in [0.15, 0.2) is 18.2 Å². The molecule has 1 saturated heterocycles. The van der Waals surface area contributed by atoms with Gasteiger partial charge in [0.25, 0.3) is 0 Å². The largest absolute Gasteiger partial charge is 0.392 e. The maximum absolute atomic E-state index is 11.6. The van der Waals surface area contributed by atoms with Gasteiger partial charge >= 0.3 is 0 Å². The van der Waals surface area contributed by atoms with Gasteiger partial charge in [-0.25, -0.2) is 8.42 Å². The van der Waals surface area contributed by atoms with Crippen LogP contribution in [0.5, 0.6) is 0 Å². The molecule has 2 rings (SSSR count). The first-order valence-corrected chi connectivity index (χ1v) is 8.00. The van der Waals surface area contributed by atoms with Gasteiger partial charge in [0.15, 0.2) is 9.84 Å². The van der Waals surface area contributed by atoms with Crippen LogP contribution in [-0.4, -0.2) is 38.1 Å². The van der Waals surface area contributed by atoms with Crippen LogP contribution >= 0.6 is 0 Å². The van der Waals surface area contributed by atoms with E-state index in [-0.39, 0.29) is 18.1 Å². The van der Waals surface area contributed by atoms with E-state index in [0.29, 0.717) is 13.0 Å². The molecule has 5 heteroatoms. The smallest absolute Gasteiger partial charge is 0.152 e. The Kier molecular flexibility index (Phi) is 3.92. The second-order valence-corrected chi connectivity index (χ2v) is 7.06. The van der Waals surface area contributed by atoms with Crippen molar-refractivity contribution in [1.82, 2.24) is 0 Å². The molecule has 18 heavy (non-hydrogen) atoms. The van der Waals surface area contributed by atoms with E-state index < -0.39 is 9.84 Å². The molecular weight excluding hydrogens is 250 g/mol. The van der Waals surface area contributed by atoms with Crippen LogP contribution in [-0.2, 0) is 16.4 Å². The van der Waals surface area contributed by atoms with E-state index >= 15 is 0 Å². The maximum atomic E-state index is 11.6. The fraction of sp³-hybridized carbons (Fsp3) is 0.538. The molecule has 0 aromatic heterocycles. The van der Waals surface area contributed by atoms with E-state index in [2.05, 4.69) is 4.90 Å². The Morgan fingerprint density at radius 2 is 2.06 bits per heavy atom. The van der Waals surface area contributed by atoms with Crippen LogP contribution in [0, 0.1) is 6.92 Å². The summed E-state index contributed by atoms with van der Waals surface area (Å²) in [4.78, 5) is 2.11. The fourth-order valence-electron chi connectivity index (χ4n) is 2.25. The number of anilines is 1. The minimum Gasteiger partial charge on any atom is -0.392 e. The summed E-state index contributed by atoms with van der Waals surface area (Å²) in [5.74, 6) is 0.519. The molecule has 0 atom stereocenters. The molecule has 1 aliphatic rings. The van der Waals surface area contributed by atoms with Crippen molar-refractivity contribution in [1.29, 1.82) is 0 Å². The molecule has 0 bridgehead atoms. The van der Waals surface area contributed by atoms with Crippen LogP contribution in [0.3, 0.4) is 0 Å². The van der Waals surface area contributed by atoms with Gasteiger partial charge in [0.05, 0.1) is 18.1 Å². The molecule has 1 fully saturated rings. The average Bonchev–Trinajstić information content (AvgIpc) is 2.50. The van der Waals surface area contributed by atoms with E-state index in [1.807, 2.05) is 25.1 Å². The van der Waals surface area contributed by atoms with Gasteiger partial charge in [-0.3, -0.25) is 0 Å². The van der Waals surface area contributed by atoms with Crippen molar-refractivity contribution in [2.45, 2.75) is 20.0 Å². The molecule has 1 aromatic rings. The molecule has 1 N–H and O–H groups in total. The first-order chi connectivity index (χ1) is 8.52. The zero-order valence-corrected chi connectivity index (χ0v) is 11.4. The third kappa shape index (κ3) is 3.03. The highest BCUT2D eigenvalue weighted by molar-refractivity contribution is 7.91. The predicted octanol–water partition coefficient (Wildman–Crippen LogP) is 1.11. The normalized spacial score (nSPS) is 19.6. The Bertz CT molecular complexity index is 525. The summed E-state index contributed by atoms with van der Waals surface area (Å²) in [6.07, 6.45) is 0.684. The Morgan fingerprint density at radius 1 is 1.28 bits per heavy atom. The van der Waals surface area contributed by atoms with Crippen LogP contribution in [0.2, 0.25) is 0 Å². The van der Waals surface area contributed by atoms with Crippen molar-refractivity contribution in [3.05, 3.63) is 29.3 Å². The average molecular weight is 269 g/mol. The molecule has 0 radical (unpaired) electrons. The van der Waals surface area contributed by atoms with E-state index in [9.17, 15) is 8.42 Å². The quantitative estimate of drug-likeness (QED) is 0.874. The molecule has 1 aromatic carbocycles. The number of aryl methyl sites for hydroxylation is 1. The number of aliphatic hydroxyl groups is 1. The van der Waals surface area contributed by atoms with Crippen LogP contribution < -0.4 is 4.90 Å². The number of hydrogen-bond acceptors (Lipinski definition) is 4.